The Labute approximate surface area is 135 Å². The molecular formula is C14H18N6O2S. The molecule has 1 N–H and O–H groups in total. The Morgan fingerprint density at radius 1 is 1.39 bits per heavy atom. The topological polar surface area (TPSA) is 104 Å². The molecule has 122 valence electrons. The summed E-state index contributed by atoms with van der Waals surface area (Å²) < 4.78 is 29.7. The van der Waals surface area contributed by atoms with Crippen LogP contribution in [0.15, 0.2) is 36.9 Å². The number of hydrogen-bond acceptors (Lipinski definition) is 5. The van der Waals surface area contributed by atoms with Crippen LogP contribution in [0.4, 0.5) is 0 Å². The quantitative estimate of drug-likeness (QED) is 0.814. The van der Waals surface area contributed by atoms with E-state index >= 15 is 0 Å². The molecule has 2 aromatic rings. The van der Waals surface area contributed by atoms with Gasteiger partial charge in [-0.2, -0.15) is 27.8 Å². The van der Waals surface area contributed by atoms with Gasteiger partial charge in [0, 0.05) is 26.1 Å². The largest absolute Gasteiger partial charge is 0.279 e. The molecule has 8 nitrogen and oxygen atoms in total. The molecule has 0 saturated heterocycles. The lowest BCUT2D eigenvalue weighted by Gasteiger charge is -2.20. The molecule has 1 aromatic heterocycles. The van der Waals surface area contributed by atoms with Crippen LogP contribution in [0, 0.1) is 11.3 Å². The van der Waals surface area contributed by atoms with Crippen molar-refractivity contribution in [2.24, 2.45) is 0 Å². The van der Waals surface area contributed by atoms with Crippen molar-refractivity contribution >= 4 is 10.2 Å². The van der Waals surface area contributed by atoms with Gasteiger partial charge in [0.2, 0.25) is 0 Å². The van der Waals surface area contributed by atoms with E-state index in [4.69, 9.17) is 5.26 Å². The summed E-state index contributed by atoms with van der Waals surface area (Å²) in [6, 6.07) is 8.88. The summed E-state index contributed by atoms with van der Waals surface area (Å²) in [5.74, 6) is 0. The highest BCUT2D eigenvalue weighted by atomic mass is 32.2. The van der Waals surface area contributed by atoms with Crippen LogP contribution in [0.2, 0.25) is 0 Å². The highest BCUT2D eigenvalue weighted by molar-refractivity contribution is 7.87. The van der Waals surface area contributed by atoms with Gasteiger partial charge in [0.05, 0.1) is 11.8 Å². The van der Waals surface area contributed by atoms with Gasteiger partial charge in [-0.15, -0.1) is 0 Å². The van der Waals surface area contributed by atoms with Crippen LogP contribution in [0.1, 0.15) is 24.9 Å². The van der Waals surface area contributed by atoms with Crippen molar-refractivity contribution in [3.05, 3.63) is 42.5 Å². The van der Waals surface area contributed by atoms with E-state index in [1.54, 1.807) is 17.9 Å². The van der Waals surface area contributed by atoms with E-state index in [-0.39, 0.29) is 13.0 Å². The summed E-state index contributed by atoms with van der Waals surface area (Å²) in [4.78, 5) is 3.88. The molecule has 0 radical (unpaired) electrons. The molecule has 0 fully saturated rings. The fourth-order valence-electron chi connectivity index (χ4n) is 1.97. The van der Waals surface area contributed by atoms with E-state index in [0.717, 1.165) is 15.6 Å². The minimum atomic E-state index is -3.63. The van der Waals surface area contributed by atoms with E-state index in [1.807, 2.05) is 30.3 Å². The van der Waals surface area contributed by atoms with Crippen molar-refractivity contribution in [1.82, 2.24) is 23.8 Å². The molecular weight excluding hydrogens is 316 g/mol. The number of nitrogens with one attached hydrogen (secondary N) is 1. The standard InChI is InChI=1S/C14H18N6O2S/c1-12(18-23(21,22)19(2)9-3-8-15)13-4-6-14(7-5-13)20-11-16-10-17-20/h4-7,10-12,18H,3,9H2,1-2H3. The van der Waals surface area contributed by atoms with Gasteiger partial charge in [-0.05, 0) is 24.6 Å². The predicted octanol–water partition coefficient (Wildman–Crippen LogP) is 1.01. The Morgan fingerprint density at radius 2 is 2.09 bits per heavy atom. The smallest absolute Gasteiger partial charge is 0.223 e. The van der Waals surface area contributed by atoms with Gasteiger partial charge in [-0.1, -0.05) is 12.1 Å². The number of benzene rings is 1. The average Bonchev–Trinajstić information content (AvgIpc) is 3.06. The zero-order valence-corrected chi connectivity index (χ0v) is 13.7. The number of rotatable bonds is 7. The van der Waals surface area contributed by atoms with E-state index in [0.29, 0.717) is 0 Å². The van der Waals surface area contributed by atoms with Crippen molar-refractivity contribution < 1.29 is 8.42 Å². The molecule has 1 unspecified atom stereocenters. The average molecular weight is 334 g/mol. The first kappa shape index (κ1) is 17.1. The zero-order valence-electron chi connectivity index (χ0n) is 12.9. The van der Waals surface area contributed by atoms with Gasteiger partial charge < -0.3 is 0 Å². The molecule has 23 heavy (non-hydrogen) atoms. The molecule has 0 aliphatic heterocycles. The van der Waals surface area contributed by atoms with Gasteiger partial charge in [0.15, 0.2) is 0 Å². The molecule has 0 aliphatic carbocycles. The lowest BCUT2D eigenvalue weighted by atomic mass is 10.1. The van der Waals surface area contributed by atoms with E-state index in [2.05, 4.69) is 14.8 Å². The van der Waals surface area contributed by atoms with Crippen LogP contribution in [0.5, 0.6) is 0 Å². The van der Waals surface area contributed by atoms with Crippen molar-refractivity contribution in [1.29, 1.82) is 5.26 Å². The van der Waals surface area contributed by atoms with Crippen LogP contribution < -0.4 is 4.72 Å². The second kappa shape index (κ2) is 7.32. The Morgan fingerprint density at radius 3 is 2.65 bits per heavy atom. The molecule has 0 amide bonds. The maximum atomic E-state index is 12.2. The number of nitrogens with zero attached hydrogens (tertiary/aromatic N) is 5. The normalized spacial score (nSPS) is 13.0. The maximum Gasteiger partial charge on any atom is 0.279 e. The minimum Gasteiger partial charge on any atom is -0.223 e. The molecule has 0 bridgehead atoms. The first-order valence-electron chi connectivity index (χ1n) is 6.99. The highest BCUT2D eigenvalue weighted by Crippen LogP contribution is 2.16. The molecule has 0 saturated carbocycles. The summed E-state index contributed by atoms with van der Waals surface area (Å²) in [7, 11) is -2.18. The molecule has 0 spiro atoms. The molecule has 1 aromatic carbocycles. The van der Waals surface area contributed by atoms with Crippen molar-refractivity contribution in [2.45, 2.75) is 19.4 Å². The first-order chi connectivity index (χ1) is 10.9. The number of aromatic nitrogens is 3. The van der Waals surface area contributed by atoms with Crippen LogP contribution in [-0.4, -0.2) is 41.1 Å². The van der Waals surface area contributed by atoms with Crippen molar-refractivity contribution in [3.63, 3.8) is 0 Å². The molecule has 1 atom stereocenters. The third kappa shape index (κ3) is 4.35. The van der Waals surface area contributed by atoms with Crippen molar-refractivity contribution in [2.75, 3.05) is 13.6 Å². The first-order valence-corrected chi connectivity index (χ1v) is 8.43. The molecule has 0 aliphatic rings. The minimum absolute atomic E-state index is 0.151. The Kier molecular flexibility index (Phi) is 5.44. The van der Waals surface area contributed by atoms with Gasteiger partial charge >= 0.3 is 0 Å². The maximum absolute atomic E-state index is 12.2. The monoisotopic (exact) mass is 334 g/mol. The van der Waals surface area contributed by atoms with E-state index < -0.39 is 16.3 Å². The Balaban J connectivity index is 2.06. The molecule has 1 heterocycles. The van der Waals surface area contributed by atoms with E-state index in [1.165, 1.54) is 13.4 Å². The SMILES string of the molecule is CC(NS(=O)(=O)N(C)CCC#N)c1ccc(-n2cncn2)cc1. The summed E-state index contributed by atoms with van der Waals surface area (Å²) in [6.07, 6.45) is 3.19. The van der Waals surface area contributed by atoms with E-state index in [9.17, 15) is 8.42 Å². The number of nitriles is 1. The van der Waals surface area contributed by atoms with Gasteiger partial charge in [0.25, 0.3) is 10.2 Å². The summed E-state index contributed by atoms with van der Waals surface area (Å²) >= 11 is 0. The Bertz CT molecular complexity index is 765. The highest BCUT2D eigenvalue weighted by Gasteiger charge is 2.20. The fraction of sp³-hybridized carbons (Fsp3) is 0.357. The van der Waals surface area contributed by atoms with Crippen molar-refractivity contribution in [3.8, 4) is 11.8 Å². The third-order valence-corrected chi connectivity index (χ3v) is 5.01. The number of hydrogen-bond donors (Lipinski definition) is 1. The predicted molar refractivity (Wildman–Crippen MR) is 84.7 cm³/mol. The summed E-state index contributed by atoms with van der Waals surface area (Å²) in [5.41, 5.74) is 1.67. The third-order valence-electron chi connectivity index (χ3n) is 3.35. The fourth-order valence-corrected chi connectivity index (χ4v) is 3.06. The summed E-state index contributed by atoms with van der Waals surface area (Å²) in [5, 5.41) is 12.6. The summed E-state index contributed by atoms with van der Waals surface area (Å²) in [6.45, 7) is 1.92. The van der Waals surface area contributed by atoms with Crippen LogP contribution in [0.3, 0.4) is 0 Å². The van der Waals surface area contributed by atoms with Gasteiger partial charge in [-0.3, -0.25) is 0 Å². The Hall–Kier alpha value is -2.28. The second-order valence-corrected chi connectivity index (χ2v) is 6.81. The molecule has 9 heteroatoms. The van der Waals surface area contributed by atoms with Crippen LogP contribution in [-0.2, 0) is 10.2 Å². The van der Waals surface area contributed by atoms with Crippen LogP contribution >= 0.6 is 0 Å². The zero-order chi connectivity index (χ0) is 16.9. The molecule has 2 rings (SSSR count). The lowest BCUT2D eigenvalue weighted by Crippen LogP contribution is -2.39. The van der Waals surface area contributed by atoms with Gasteiger partial charge in [-0.25, -0.2) is 9.67 Å². The lowest BCUT2D eigenvalue weighted by molar-refractivity contribution is 0.456. The van der Waals surface area contributed by atoms with Gasteiger partial charge in [0.1, 0.15) is 12.7 Å². The van der Waals surface area contributed by atoms with Crippen LogP contribution in [0.25, 0.3) is 5.69 Å². The second-order valence-electron chi connectivity index (χ2n) is 5.01.